The lowest BCUT2D eigenvalue weighted by atomic mass is 10.1. The Morgan fingerprint density at radius 2 is 1.90 bits per heavy atom. The van der Waals surface area contributed by atoms with Crippen LogP contribution in [0.4, 0.5) is 11.5 Å². The molecule has 1 aromatic carbocycles. The van der Waals surface area contributed by atoms with Crippen molar-refractivity contribution in [2.75, 3.05) is 11.1 Å². The van der Waals surface area contributed by atoms with Crippen molar-refractivity contribution < 1.29 is 4.79 Å². The van der Waals surface area contributed by atoms with Crippen LogP contribution in [0.5, 0.6) is 0 Å². The third kappa shape index (κ3) is 5.26. The fourth-order valence-electron chi connectivity index (χ4n) is 2.07. The number of carbonyl (C=O) groups excluding carboxylic acids is 1. The average molecular weight is 283 g/mol. The minimum atomic E-state index is 0.0190. The molecule has 0 aliphatic heterocycles. The lowest BCUT2D eigenvalue weighted by Gasteiger charge is -2.05. The number of nitrogens with two attached hydrogens (primary N) is 1. The number of carbonyl (C=O) groups is 1. The smallest absolute Gasteiger partial charge is 0.224 e. The molecular weight excluding hydrogens is 262 g/mol. The summed E-state index contributed by atoms with van der Waals surface area (Å²) in [6, 6.07) is 12.0. The summed E-state index contributed by atoms with van der Waals surface area (Å²) in [5, 5.41) is 2.82. The number of nitrogens with zero attached hydrogens (tertiary/aromatic N) is 1. The van der Waals surface area contributed by atoms with E-state index in [1.165, 1.54) is 11.1 Å². The minimum Gasteiger partial charge on any atom is -0.384 e. The summed E-state index contributed by atoms with van der Waals surface area (Å²) in [6.07, 6.45) is 4.99. The van der Waals surface area contributed by atoms with Crippen molar-refractivity contribution in [3.63, 3.8) is 0 Å². The first-order valence-corrected chi connectivity index (χ1v) is 7.20. The standard InChI is InChI=1S/C17H21N3O/c1-13-6-8-14(9-7-13)4-2-3-5-17(21)20-15-10-11-16(18)19-12-15/h6-12H,2-5H2,1H3,(H2,18,19)(H,20,21). The van der Waals surface area contributed by atoms with Gasteiger partial charge in [-0.3, -0.25) is 4.79 Å². The molecule has 0 spiro atoms. The first-order valence-electron chi connectivity index (χ1n) is 7.20. The summed E-state index contributed by atoms with van der Waals surface area (Å²) >= 11 is 0. The Kier molecular flexibility index (Phi) is 5.32. The summed E-state index contributed by atoms with van der Waals surface area (Å²) in [7, 11) is 0. The van der Waals surface area contributed by atoms with Crippen LogP contribution in [-0.4, -0.2) is 10.9 Å². The number of anilines is 2. The Morgan fingerprint density at radius 3 is 2.57 bits per heavy atom. The summed E-state index contributed by atoms with van der Waals surface area (Å²) in [4.78, 5) is 15.7. The van der Waals surface area contributed by atoms with Crippen LogP contribution >= 0.6 is 0 Å². The second kappa shape index (κ2) is 7.43. The van der Waals surface area contributed by atoms with Crippen LogP contribution in [0.3, 0.4) is 0 Å². The minimum absolute atomic E-state index is 0.0190. The highest BCUT2D eigenvalue weighted by atomic mass is 16.1. The first kappa shape index (κ1) is 15.0. The van der Waals surface area contributed by atoms with Gasteiger partial charge in [-0.05, 0) is 43.9 Å². The normalized spacial score (nSPS) is 10.3. The molecule has 2 aromatic rings. The van der Waals surface area contributed by atoms with Crippen molar-refractivity contribution in [1.82, 2.24) is 4.98 Å². The van der Waals surface area contributed by atoms with Crippen LogP contribution < -0.4 is 11.1 Å². The molecule has 0 radical (unpaired) electrons. The molecule has 1 heterocycles. The first-order chi connectivity index (χ1) is 10.1. The molecule has 0 aliphatic carbocycles. The zero-order valence-corrected chi connectivity index (χ0v) is 12.3. The third-order valence-corrected chi connectivity index (χ3v) is 3.31. The van der Waals surface area contributed by atoms with Crippen LogP contribution in [0.1, 0.15) is 30.4 Å². The van der Waals surface area contributed by atoms with Gasteiger partial charge in [0, 0.05) is 6.42 Å². The number of aromatic nitrogens is 1. The molecule has 0 unspecified atom stereocenters. The number of nitrogens with one attached hydrogen (secondary N) is 1. The number of nitrogen functional groups attached to an aromatic ring is 1. The van der Waals surface area contributed by atoms with Crippen molar-refractivity contribution in [3.8, 4) is 0 Å². The van der Waals surface area contributed by atoms with E-state index < -0.39 is 0 Å². The summed E-state index contributed by atoms with van der Waals surface area (Å²) in [5.41, 5.74) is 8.78. The zero-order valence-electron chi connectivity index (χ0n) is 12.3. The number of pyridine rings is 1. The van der Waals surface area contributed by atoms with E-state index in [9.17, 15) is 4.79 Å². The van der Waals surface area contributed by atoms with Gasteiger partial charge in [0.05, 0.1) is 11.9 Å². The Balaban J connectivity index is 1.67. The Bertz CT molecular complexity index is 576. The average Bonchev–Trinajstić information content (AvgIpc) is 2.48. The van der Waals surface area contributed by atoms with E-state index in [2.05, 4.69) is 41.5 Å². The van der Waals surface area contributed by atoms with Gasteiger partial charge >= 0.3 is 0 Å². The van der Waals surface area contributed by atoms with Crippen molar-refractivity contribution >= 4 is 17.4 Å². The maximum atomic E-state index is 11.8. The van der Waals surface area contributed by atoms with Crippen LogP contribution in [0, 0.1) is 6.92 Å². The number of benzene rings is 1. The summed E-state index contributed by atoms with van der Waals surface area (Å²) in [5.74, 6) is 0.469. The van der Waals surface area contributed by atoms with E-state index in [4.69, 9.17) is 5.73 Å². The summed E-state index contributed by atoms with van der Waals surface area (Å²) < 4.78 is 0. The Morgan fingerprint density at radius 1 is 1.14 bits per heavy atom. The van der Waals surface area contributed by atoms with Gasteiger partial charge in [-0.2, -0.15) is 0 Å². The van der Waals surface area contributed by atoms with Gasteiger partial charge in [0.25, 0.3) is 0 Å². The topological polar surface area (TPSA) is 68.0 Å². The predicted octanol–water partition coefficient (Wildman–Crippen LogP) is 3.32. The van der Waals surface area contributed by atoms with Crippen molar-refractivity contribution in [3.05, 3.63) is 53.7 Å². The van der Waals surface area contributed by atoms with Gasteiger partial charge in [-0.1, -0.05) is 29.8 Å². The van der Waals surface area contributed by atoms with Gasteiger partial charge in [0.1, 0.15) is 5.82 Å². The molecule has 110 valence electrons. The highest BCUT2D eigenvalue weighted by Crippen LogP contribution is 2.10. The molecule has 0 atom stereocenters. The van der Waals surface area contributed by atoms with Crippen LogP contribution in [-0.2, 0) is 11.2 Å². The van der Waals surface area contributed by atoms with Crippen LogP contribution in [0.2, 0.25) is 0 Å². The highest BCUT2D eigenvalue weighted by molar-refractivity contribution is 5.90. The van der Waals surface area contributed by atoms with Gasteiger partial charge in [0.15, 0.2) is 0 Å². The second-order valence-corrected chi connectivity index (χ2v) is 5.21. The van der Waals surface area contributed by atoms with E-state index in [1.807, 2.05) is 0 Å². The van der Waals surface area contributed by atoms with Gasteiger partial charge in [0.2, 0.25) is 5.91 Å². The Labute approximate surface area is 125 Å². The maximum Gasteiger partial charge on any atom is 0.224 e. The van der Waals surface area contributed by atoms with Crippen molar-refractivity contribution in [1.29, 1.82) is 0 Å². The van der Waals surface area contributed by atoms with Crippen LogP contribution in [0.25, 0.3) is 0 Å². The molecule has 3 N–H and O–H groups in total. The number of hydrogen-bond donors (Lipinski definition) is 2. The number of unbranched alkanes of at least 4 members (excludes halogenated alkanes) is 1. The van der Waals surface area contributed by atoms with E-state index in [-0.39, 0.29) is 5.91 Å². The molecule has 1 aromatic heterocycles. The van der Waals surface area contributed by atoms with E-state index in [1.54, 1.807) is 18.3 Å². The monoisotopic (exact) mass is 283 g/mol. The quantitative estimate of drug-likeness (QED) is 0.799. The van der Waals surface area contributed by atoms with Crippen molar-refractivity contribution in [2.24, 2.45) is 0 Å². The fraction of sp³-hybridized carbons (Fsp3) is 0.294. The molecule has 1 amide bonds. The molecule has 4 heteroatoms. The lowest BCUT2D eigenvalue weighted by Crippen LogP contribution is -2.11. The van der Waals surface area contributed by atoms with Crippen molar-refractivity contribution in [2.45, 2.75) is 32.6 Å². The van der Waals surface area contributed by atoms with Crippen LogP contribution in [0.15, 0.2) is 42.6 Å². The second-order valence-electron chi connectivity index (χ2n) is 5.21. The number of hydrogen-bond acceptors (Lipinski definition) is 3. The Hall–Kier alpha value is -2.36. The van der Waals surface area contributed by atoms with Gasteiger partial charge < -0.3 is 11.1 Å². The summed E-state index contributed by atoms with van der Waals surface area (Å²) in [6.45, 7) is 2.08. The third-order valence-electron chi connectivity index (χ3n) is 3.31. The number of aryl methyl sites for hydroxylation is 2. The molecule has 0 bridgehead atoms. The lowest BCUT2D eigenvalue weighted by molar-refractivity contribution is -0.116. The van der Waals surface area contributed by atoms with Gasteiger partial charge in [-0.25, -0.2) is 4.98 Å². The molecule has 0 saturated carbocycles. The molecular formula is C17H21N3O. The molecule has 0 fully saturated rings. The molecule has 4 nitrogen and oxygen atoms in total. The van der Waals surface area contributed by atoms with E-state index in [0.717, 1.165) is 19.3 Å². The predicted molar refractivity (Wildman–Crippen MR) is 86.0 cm³/mol. The fourth-order valence-corrected chi connectivity index (χ4v) is 2.07. The number of amides is 1. The molecule has 0 aliphatic rings. The number of rotatable bonds is 6. The molecule has 0 saturated heterocycles. The largest absolute Gasteiger partial charge is 0.384 e. The van der Waals surface area contributed by atoms with E-state index >= 15 is 0 Å². The van der Waals surface area contributed by atoms with Gasteiger partial charge in [-0.15, -0.1) is 0 Å². The highest BCUT2D eigenvalue weighted by Gasteiger charge is 2.03. The molecule has 2 rings (SSSR count). The van der Waals surface area contributed by atoms with E-state index in [0.29, 0.717) is 17.9 Å². The maximum absolute atomic E-state index is 11.8. The molecule has 21 heavy (non-hydrogen) atoms. The SMILES string of the molecule is Cc1ccc(CCCCC(=O)Nc2ccc(N)nc2)cc1. The zero-order chi connectivity index (χ0) is 15.1.